The standard InChI is InChI=1S/C18H29NO3/c1-15(2)22-14-17(20)12-19(13-18-9-6-10-21-18)11-16-7-4-3-5-8-16/h3-5,7-8,15,17-18,20H,6,9-14H2,1-2H3. The molecule has 2 atom stereocenters. The maximum absolute atomic E-state index is 10.2. The molecule has 0 amide bonds. The van der Waals surface area contributed by atoms with Gasteiger partial charge in [-0.25, -0.2) is 0 Å². The Hall–Kier alpha value is -0.940. The third-order valence-electron chi connectivity index (χ3n) is 3.83. The van der Waals surface area contributed by atoms with Gasteiger partial charge in [0.25, 0.3) is 0 Å². The van der Waals surface area contributed by atoms with Crippen LogP contribution in [0.15, 0.2) is 30.3 Å². The highest BCUT2D eigenvalue weighted by Crippen LogP contribution is 2.15. The number of hydrogen-bond donors (Lipinski definition) is 1. The number of aliphatic hydroxyl groups excluding tert-OH is 1. The molecule has 0 spiro atoms. The number of nitrogens with zero attached hydrogens (tertiary/aromatic N) is 1. The van der Waals surface area contributed by atoms with Crippen LogP contribution in [0.1, 0.15) is 32.3 Å². The Morgan fingerprint density at radius 2 is 2.09 bits per heavy atom. The quantitative estimate of drug-likeness (QED) is 0.761. The second-order valence-electron chi connectivity index (χ2n) is 6.35. The predicted molar refractivity (Wildman–Crippen MR) is 87.8 cm³/mol. The molecule has 1 aromatic rings. The average Bonchev–Trinajstić information content (AvgIpc) is 2.99. The van der Waals surface area contributed by atoms with Crippen molar-refractivity contribution in [2.24, 2.45) is 0 Å². The lowest BCUT2D eigenvalue weighted by Crippen LogP contribution is -2.39. The zero-order valence-electron chi connectivity index (χ0n) is 13.8. The lowest BCUT2D eigenvalue weighted by Gasteiger charge is -2.27. The Balaban J connectivity index is 1.88. The molecule has 4 nitrogen and oxygen atoms in total. The number of aliphatic hydroxyl groups is 1. The van der Waals surface area contributed by atoms with E-state index in [1.54, 1.807) is 0 Å². The molecule has 2 unspecified atom stereocenters. The number of ether oxygens (including phenoxy) is 2. The Kier molecular flexibility index (Phi) is 7.33. The van der Waals surface area contributed by atoms with Crippen LogP contribution < -0.4 is 0 Å². The van der Waals surface area contributed by atoms with Crippen molar-refractivity contribution < 1.29 is 14.6 Å². The molecule has 4 heteroatoms. The van der Waals surface area contributed by atoms with Crippen molar-refractivity contribution in [3.63, 3.8) is 0 Å². The Labute approximate surface area is 134 Å². The van der Waals surface area contributed by atoms with Gasteiger partial charge >= 0.3 is 0 Å². The van der Waals surface area contributed by atoms with E-state index in [0.717, 1.165) is 32.5 Å². The SMILES string of the molecule is CC(C)OCC(O)CN(Cc1ccccc1)CC1CCCO1. The van der Waals surface area contributed by atoms with Gasteiger partial charge in [0.05, 0.1) is 24.9 Å². The highest BCUT2D eigenvalue weighted by atomic mass is 16.5. The molecule has 1 aliphatic rings. The summed E-state index contributed by atoms with van der Waals surface area (Å²) in [5.74, 6) is 0. The molecule has 1 aromatic carbocycles. The molecule has 124 valence electrons. The molecule has 1 heterocycles. The molecule has 0 aliphatic carbocycles. The van der Waals surface area contributed by atoms with Gasteiger partial charge in [-0.1, -0.05) is 30.3 Å². The third-order valence-corrected chi connectivity index (χ3v) is 3.83. The highest BCUT2D eigenvalue weighted by molar-refractivity contribution is 5.14. The molecule has 22 heavy (non-hydrogen) atoms. The van der Waals surface area contributed by atoms with E-state index in [1.807, 2.05) is 19.9 Å². The minimum atomic E-state index is -0.465. The fraction of sp³-hybridized carbons (Fsp3) is 0.667. The van der Waals surface area contributed by atoms with Crippen molar-refractivity contribution in [1.29, 1.82) is 0 Å². The molecule has 2 rings (SSSR count). The van der Waals surface area contributed by atoms with E-state index in [1.165, 1.54) is 5.56 Å². The maximum Gasteiger partial charge on any atom is 0.0900 e. The zero-order chi connectivity index (χ0) is 15.8. The van der Waals surface area contributed by atoms with Crippen LogP contribution in [0.25, 0.3) is 0 Å². The second-order valence-corrected chi connectivity index (χ2v) is 6.35. The van der Waals surface area contributed by atoms with Crippen molar-refractivity contribution in [3.05, 3.63) is 35.9 Å². The Morgan fingerprint density at radius 3 is 2.73 bits per heavy atom. The van der Waals surface area contributed by atoms with Crippen molar-refractivity contribution in [1.82, 2.24) is 4.90 Å². The van der Waals surface area contributed by atoms with Gasteiger partial charge in [-0.2, -0.15) is 0 Å². The Bertz CT molecular complexity index is 404. The monoisotopic (exact) mass is 307 g/mol. The van der Waals surface area contributed by atoms with E-state index < -0.39 is 6.10 Å². The summed E-state index contributed by atoms with van der Waals surface area (Å²) in [4.78, 5) is 2.28. The first-order chi connectivity index (χ1) is 10.6. The summed E-state index contributed by atoms with van der Waals surface area (Å²) in [6.45, 7) is 7.54. The fourth-order valence-electron chi connectivity index (χ4n) is 2.78. The van der Waals surface area contributed by atoms with Crippen LogP contribution in [0.3, 0.4) is 0 Å². The molecule has 0 saturated carbocycles. The highest BCUT2D eigenvalue weighted by Gasteiger charge is 2.21. The lowest BCUT2D eigenvalue weighted by molar-refractivity contribution is -0.0172. The number of hydrogen-bond acceptors (Lipinski definition) is 4. The smallest absolute Gasteiger partial charge is 0.0900 e. The maximum atomic E-state index is 10.2. The van der Waals surface area contributed by atoms with Gasteiger partial charge in [-0.15, -0.1) is 0 Å². The third kappa shape index (κ3) is 6.44. The van der Waals surface area contributed by atoms with Gasteiger partial charge in [-0.3, -0.25) is 4.90 Å². The molecule has 0 radical (unpaired) electrons. The Morgan fingerprint density at radius 1 is 1.32 bits per heavy atom. The van der Waals surface area contributed by atoms with E-state index >= 15 is 0 Å². The zero-order valence-corrected chi connectivity index (χ0v) is 13.8. The van der Waals surface area contributed by atoms with Gasteiger partial charge in [0.15, 0.2) is 0 Å². The second kappa shape index (κ2) is 9.26. The van der Waals surface area contributed by atoms with E-state index in [9.17, 15) is 5.11 Å². The normalized spacial score (nSPS) is 20.0. The van der Waals surface area contributed by atoms with Gasteiger partial charge in [0, 0.05) is 26.2 Å². The first kappa shape index (κ1) is 17.4. The molecule has 1 fully saturated rings. The molecule has 1 N–H and O–H groups in total. The summed E-state index contributed by atoms with van der Waals surface area (Å²) in [5, 5.41) is 10.2. The molecule has 0 aromatic heterocycles. The summed E-state index contributed by atoms with van der Waals surface area (Å²) in [6, 6.07) is 10.4. The fourth-order valence-corrected chi connectivity index (χ4v) is 2.78. The van der Waals surface area contributed by atoms with E-state index in [2.05, 4.69) is 29.2 Å². The first-order valence-electron chi connectivity index (χ1n) is 8.31. The number of rotatable bonds is 9. The van der Waals surface area contributed by atoms with E-state index in [0.29, 0.717) is 19.3 Å². The van der Waals surface area contributed by atoms with E-state index in [4.69, 9.17) is 9.47 Å². The van der Waals surface area contributed by atoms with Crippen LogP contribution in [-0.2, 0) is 16.0 Å². The van der Waals surface area contributed by atoms with Crippen LogP contribution >= 0.6 is 0 Å². The van der Waals surface area contributed by atoms with Gasteiger partial charge in [-0.05, 0) is 32.3 Å². The summed E-state index contributed by atoms with van der Waals surface area (Å²) in [6.07, 6.45) is 2.23. The number of benzene rings is 1. The molecular weight excluding hydrogens is 278 g/mol. The van der Waals surface area contributed by atoms with Crippen molar-refractivity contribution >= 4 is 0 Å². The predicted octanol–water partition coefficient (Wildman–Crippen LogP) is 2.45. The van der Waals surface area contributed by atoms with Crippen molar-refractivity contribution in [2.75, 3.05) is 26.3 Å². The van der Waals surface area contributed by atoms with Crippen LogP contribution in [0, 0.1) is 0 Å². The van der Waals surface area contributed by atoms with Crippen LogP contribution in [0.4, 0.5) is 0 Å². The lowest BCUT2D eigenvalue weighted by atomic mass is 10.1. The first-order valence-corrected chi connectivity index (χ1v) is 8.31. The summed E-state index contributed by atoms with van der Waals surface area (Å²) in [7, 11) is 0. The van der Waals surface area contributed by atoms with Gasteiger partial charge < -0.3 is 14.6 Å². The molecular formula is C18H29NO3. The molecule has 0 bridgehead atoms. The largest absolute Gasteiger partial charge is 0.389 e. The van der Waals surface area contributed by atoms with Gasteiger partial charge in [0.2, 0.25) is 0 Å². The summed E-state index contributed by atoms with van der Waals surface area (Å²) in [5.41, 5.74) is 1.26. The summed E-state index contributed by atoms with van der Waals surface area (Å²) >= 11 is 0. The molecule has 1 aliphatic heterocycles. The summed E-state index contributed by atoms with van der Waals surface area (Å²) < 4.78 is 11.3. The van der Waals surface area contributed by atoms with Crippen molar-refractivity contribution in [3.8, 4) is 0 Å². The minimum Gasteiger partial charge on any atom is -0.389 e. The van der Waals surface area contributed by atoms with Crippen LogP contribution in [0.2, 0.25) is 0 Å². The minimum absolute atomic E-state index is 0.149. The van der Waals surface area contributed by atoms with Crippen molar-refractivity contribution in [2.45, 2.75) is 51.5 Å². The van der Waals surface area contributed by atoms with Crippen LogP contribution in [-0.4, -0.2) is 54.6 Å². The van der Waals surface area contributed by atoms with Gasteiger partial charge in [0.1, 0.15) is 0 Å². The topological polar surface area (TPSA) is 41.9 Å². The van der Waals surface area contributed by atoms with Crippen LogP contribution in [0.5, 0.6) is 0 Å². The molecule has 1 saturated heterocycles. The van der Waals surface area contributed by atoms with E-state index in [-0.39, 0.29) is 6.10 Å². The average molecular weight is 307 g/mol.